The Morgan fingerprint density at radius 2 is 2.17 bits per heavy atom. The summed E-state index contributed by atoms with van der Waals surface area (Å²) in [5.74, 6) is -0.365. The molecule has 2 aliphatic rings. The Balaban J connectivity index is 1.51. The highest BCUT2D eigenvalue weighted by Gasteiger charge is 2.32. The topological polar surface area (TPSA) is 82.6 Å². The smallest absolute Gasteiger partial charge is 0.240 e. The maximum absolute atomic E-state index is 12.0. The molecule has 1 aromatic rings. The number of para-hydroxylation sites is 1. The number of amides is 2. The van der Waals surface area contributed by atoms with Gasteiger partial charge in [-0.25, -0.2) is 0 Å². The zero-order valence-electron chi connectivity index (χ0n) is 12.5. The summed E-state index contributed by atoms with van der Waals surface area (Å²) in [4.78, 5) is 24.0. The summed E-state index contributed by atoms with van der Waals surface area (Å²) >= 11 is 1.28. The molecular formula is C16H18N4O2S. The highest BCUT2D eigenvalue weighted by Crippen LogP contribution is 2.23. The number of allylic oxidation sites excluding steroid dienone is 2. The fourth-order valence-electron chi connectivity index (χ4n) is 2.39. The molecule has 6 nitrogen and oxygen atoms in total. The first kappa shape index (κ1) is 15.6. The third-order valence-electron chi connectivity index (χ3n) is 3.55. The summed E-state index contributed by atoms with van der Waals surface area (Å²) in [5.41, 5.74) is 4.78. The number of nitrogens with zero attached hydrogens (tertiary/aromatic N) is 1. The van der Waals surface area contributed by atoms with Gasteiger partial charge in [-0.1, -0.05) is 36.0 Å². The van der Waals surface area contributed by atoms with Crippen molar-refractivity contribution in [3.8, 4) is 0 Å². The van der Waals surface area contributed by atoms with Crippen LogP contribution in [0.15, 0.2) is 47.2 Å². The summed E-state index contributed by atoms with van der Waals surface area (Å²) in [6.07, 6.45) is 5.41. The van der Waals surface area contributed by atoms with Crippen LogP contribution in [-0.4, -0.2) is 22.2 Å². The number of anilines is 1. The van der Waals surface area contributed by atoms with E-state index in [2.05, 4.69) is 27.2 Å². The van der Waals surface area contributed by atoms with Gasteiger partial charge in [0, 0.05) is 17.8 Å². The van der Waals surface area contributed by atoms with E-state index >= 15 is 0 Å². The number of amidine groups is 1. The van der Waals surface area contributed by atoms with Gasteiger partial charge >= 0.3 is 0 Å². The van der Waals surface area contributed by atoms with Gasteiger partial charge in [0.15, 0.2) is 5.17 Å². The number of carbonyl (C=O) groups is 2. The molecule has 3 rings (SSSR count). The van der Waals surface area contributed by atoms with Gasteiger partial charge in [-0.05, 0) is 31.4 Å². The van der Waals surface area contributed by atoms with Gasteiger partial charge in [-0.2, -0.15) is 5.10 Å². The van der Waals surface area contributed by atoms with Crippen LogP contribution in [0, 0.1) is 0 Å². The van der Waals surface area contributed by atoms with E-state index in [4.69, 9.17) is 0 Å². The molecule has 1 fully saturated rings. The molecule has 1 aromatic carbocycles. The first-order valence-electron chi connectivity index (χ1n) is 7.56. The van der Waals surface area contributed by atoms with Crippen molar-refractivity contribution >= 4 is 34.4 Å². The monoisotopic (exact) mass is 330 g/mol. The van der Waals surface area contributed by atoms with Gasteiger partial charge < -0.3 is 10.6 Å². The highest BCUT2D eigenvalue weighted by atomic mass is 32.2. The van der Waals surface area contributed by atoms with E-state index in [-0.39, 0.29) is 18.2 Å². The molecule has 2 amide bonds. The van der Waals surface area contributed by atoms with Crippen LogP contribution >= 0.6 is 11.8 Å². The van der Waals surface area contributed by atoms with Gasteiger partial charge in [0.25, 0.3) is 0 Å². The number of thioether (sulfide) groups is 1. The second-order valence-corrected chi connectivity index (χ2v) is 6.56. The van der Waals surface area contributed by atoms with Crippen molar-refractivity contribution in [2.75, 3.05) is 5.32 Å². The molecule has 1 heterocycles. The molecule has 0 spiro atoms. The van der Waals surface area contributed by atoms with Gasteiger partial charge in [0.1, 0.15) is 5.25 Å². The Morgan fingerprint density at radius 1 is 1.35 bits per heavy atom. The van der Waals surface area contributed by atoms with E-state index in [1.54, 1.807) is 0 Å². The summed E-state index contributed by atoms with van der Waals surface area (Å²) in [7, 11) is 0. The van der Waals surface area contributed by atoms with E-state index in [0.717, 1.165) is 30.6 Å². The number of hydrazone groups is 1. The Morgan fingerprint density at radius 3 is 2.91 bits per heavy atom. The van der Waals surface area contributed by atoms with Crippen molar-refractivity contribution in [2.45, 2.75) is 30.9 Å². The Kier molecular flexibility index (Phi) is 4.97. The molecule has 0 radical (unpaired) electrons. The van der Waals surface area contributed by atoms with Crippen LogP contribution in [0.1, 0.15) is 25.7 Å². The van der Waals surface area contributed by atoms with Crippen molar-refractivity contribution in [3.05, 3.63) is 42.1 Å². The van der Waals surface area contributed by atoms with E-state index in [1.807, 2.05) is 30.3 Å². The molecule has 1 aliphatic carbocycles. The minimum absolute atomic E-state index is 0.118. The second kappa shape index (κ2) is 7.32. The van der Waals surface area contributed by atoms with Crippen LogP contribution in [0.25, 0.3) is 0 Å². The average molecular weight is 330 g/mol. The molecule has 0 bridgehead atoms. The first-order chi connectivity index (χ1) is 11.2. The number of rotatable bonds is 5. The van der Waals surface area contributed by atoms with Crippen molar-refractivity contribution in [2.24, 2.45) is 5.10 Å². The minimum Gasteiger partial charge on any atom is -0.326 e. The zero-order chi connectivity index (χ0) is 16.1. The summed E-state index contributed by atoms with van der Waals surface area (Å²) in [6, 6.07) is 9.20. The maximum atomic E-state index is 12.0. The number of carbonyl (C=O) groups excluding carboxylic acids is 2. The fraction of sp³-hybridized carbons (Fsp3) is 0.312. The molecule has 23 heavy (non-hydrogen) atoms. The predicted molar refractivity (Wildman–Crippen MR) is 91.7 cm³/mol. The average Bonchev–Trinajstić information content (AvgIpc) is 3.17. The fourth-order valence-corrected chi connectivity index (χ4v) is 3.32. The normalized spacial score (nSPS) is 21.9. The molecule has 0 saturated carbocycles. The number of nitrogens with one attached hydrogen (secondary N) is 3. The molecule has 1 atom stereocenters. The van der Waals surface area contributed by atoms with Crippen LogP contribution in [-0.2, 0) is 9.59 Å². The van der Waals surface area contributed by atoms with Crippen LogP contribution in [0.5, 0.6) is 0 Å². The Labute approximate surface area is 138 Å². The molecule has 1 unspecified atom stereocenters. The number of hydrogen-bond donors (Lipinski definition) is 3. The Hall–Kier alpha value is -2.28. The summed E-state index contributed by atoms with van der Waals surface area (Å²) in [5, 5.41) is 9.75. The van der Waals surface area contributed by atoms with Crippen LogP contribution in [0.2, 0.25) is 0 Å². The number of hydrogen-bond acceptors (Lipinski definition) is 5. The van der Waals surface area contributed by atoms with Crippen LogP contribution in [0.3, 0.4) is 0 Å². The van der Waals surface area contributed by atoms with Crippen molar-refractivity contribution in [1.29, 1.82) is 0 Å². The lowest BCUT2D eigenvalue weighted by atomic mass is 10.2. The zero-order valence-corrected chi connectivity index (χ0v) is 13.4. The van der Waals surface area contributed by atoms with E-state index in [9.17, 15) is 9.59 Å². The molecule has 0 aromatic heterocycles. The maximum Gasteiger partial charge on any atom is 0.240 e. The summed E-state index contributed by atoms with van der Waals surface area (Å²) in [6.45, 7) is 0. The molecule has 120 valence electrons. The molecular weight excluding hydrogens is 312 g/mol. The van der Waals surface area contributed by atoms with Gasteiger partial charge in [0.2, 0.25) is 11.8 Å². The predicted octanol–water partition coefficient (Wildman–Crippen LogP) is 2.18. The third kappa shape index (κ3) is 4.35. The van der Waals surface area contributed by atoms with E-state index in [1.165, 1.54) is 11.8 Å². The first-order valence-corrected chi connectivity index (χ1v) is 8.44. The molecule has 1 saturated heterocycles. The van der Waals surface area contributed by atoms with Crippen molar-refractivity contribution in [3.63, 3.8) is 0 Å². The van der Waals surface area contributed by atoms with E-state index < -0.39 is 5.25 Å². The van der Waals surface area contributed by atoms with E-state index in [0.29, 0.717) is 5.17 Å². The van der Waals surface area contributed by atoms with Crippen LogP contribution < -0.4 is 16.1 Å². The van der Waals surface area contributed by atoms with Gasteiger partial charge in [0.05, 0.1) is 0 Å². The lowest BCUT2D eigenvalue weighted by Crippen LogP contribution is -2.28. The summed E-state index contributed by atoms with van der Waals surface area (Å²) < 4.78 is 0. The Bertz CT molecular complexity index is 657. The third-order valence-corrected chi connectivity index (χ3v) is 4.63. The standard InChI is InChI=1S/C16H18N4O2S/c21-14(17-11-6-2-1-3-7-11)10-13-15(22)18-16(23-13)20-19-12-8-4-5-9-12/h1-3,6-8,13,19H,4-5,9-10H2,(H,17,21)(H,18,20,22). The SMILES string of the molecule is O=C(CC1SC(=NNC2=CCCC2)NC1=O)Nc1ccccc1. The second-order valence-electron chi connectivity index (χ2n) is 5.36. The van der Waals surface area contributed by atoms with Gasteiger partial charge in [-0.15, -0.1) is 0 Å². The molecule has 1 aliphatic heterocycles. The van der Waals surface area contributed by atoms with Crippen molar-refractivity contribution < 1.29 is 9.59 Å². The number of benzene rings is 1. The van der Waals surface area contributed by atoms with Gasteiger partial charge in [-0.3, -0.25) is 15.0 Å². The largest absolute Gasteiger partial charge is 0.326 e. The quantitative estimate of drug-likeness (QED) is 0.723. The van der Waals surface area contributed by atoms with Crippen molar-refractivity contribution in [1.82, 2.24) is 10.7 Å². The molecule has 3 N–H and O–H groups in total. The lowest BCUT2D eigenvalue weighted by Gasteiger charge is -2.07. The minimum atomic E-state index is -0.447. The highest BCUT2D eigenvalue weighted by molar-refractivity contribution is 8.15. The molecule has 7 heteroatoms. The lowest BCUT2D eigenvalue weighted by molar-refractivity contribution is -0.122. The van der Waals surface area contributed by atoms with Crippen LogP contribution in [0.4, 0.5) is 5.69 Å².